The molecule has 0 radical (unpaired) electrons. The first-order valence-electron chi connectivity index (χ1n) is 10.6. The fourth-order valence-corrected chi connectivity index (χ4v) is 2.97. The minimum Gasteiger partial charge on any atom is -0.460 e. The molecule has 0 amide bonds. The molecule has 0 saturated carbocycles. The van der Waals surface area contributed by atoms with Gasteiger partial charge < -0.3 is 9.62 Å². The van der Waals surface area contributed by atoms with Crippen LogP contribution in [0.1, 0.15) is 117 Å². The van der Waals surface area contributed by atoms with Crippen molar-refractivity contribution in [1.82, 2.24) is 0 Å². The summed E-state index contributed by atoms with van der Waals surface area (Å²) in [6, 6.07) is 0. The van der Waals surface area contributed by atoms with E-state index in [9.17, 15) is 4.79 Å². The summed E-state index contributed by atoms with van der Waals surface area (Å²) in [7, 11) is 0. The molecule has 0 aliphatic carbocycles. The Labute approximate surface area is 161 Å². The molecule has 0 aromatic carbocycles. The van der Waals surface area contributed by atoms with Crippen molar-refractivity contribution in [3.63, 3.8) is 0 Å². The van der Waals surface area contributed by atoms with Gasteiger partial charge in [0.05, 0.1) is 0 Å². The first-order valence-corrected chi connectivity index (χ1v) is 10.6. The Morgan fingerprint density at radius 3 is 1.42 bits per heavy atom. The van der Waals surface area contributed by atoms with Crippen LogP contribution in [0.25, 0.3) is 0 Å². The zero-order valence-electron chi connectivity index (χ0n) is 17.5. The molecule has 0 spiro atoms. The fourth-order valence-electron chi connectivity index (χ4n) is 2.97. The van der Waals surface area contributed by atoms with E-state index >= 15 is 0 Å². The van der Waals surface area contributed by atoms with Gasteiger partial charge in [0.25, 0.3) is 0 Å². The van der Waals surface area contributed by atoms with Crippen LogP contribution in [0.2, 0.25) is 0 Å². The zero-order chi connectivity index (χ0) is 19.7. The summed E-state index contributed by atoms with van der Waals surface area (Å²) in [5, 5.41) is 8.38. The Bertz CT molecular complexity index is 358. The second-order valence-electron chi connectivity index (χ2n) is 8.31. The minimum absolute atomic E-state index is 0.0656. The number of esters is 1. The smallest absolute Gasteiger partial charge is 0.306 e. The predicted molar refractivity (Wildman–Crippen MR) is 108 cm³/mol. The minimum atomic E-state index is -0.360. The van der Waals surface area contributed by atoms with Crippen molar-refractivity contribution in [3.05, 3.63) is 12.3 Å². The van der Waals surface area contributed by atoms with Gasteiger partial charge in [-0.25, -0.2) is 5.26 Å². The van der Waals surface area contributed by atoms with E-state index in [-0.39, 0.29) is 11.6 Å². The van der Waals surface area contributed by atoms with E-state index in [1.807, 2.05) is 20.8 Å². The molecule has 0 rings (SSSR count). The zero-order valence-corrected chi connectivity index (χ0v) is 17.5. The molecule has 0 saturated heterocycles. The summed E-state index contributed by atoms with van der Waals surface area (Å²) in [5.74, 6) is 0.402. The fraction of sp³-hybridized carbons (Fsp3) is 0.864. The molecule has 26 heavy (non-hydrogen) atoms. The highest BCUT2D eigenvalue weighted by Gasteiger charge is 2.15. The quantitative estimate of drug-likeness (QED) is 0.0968. The lowest BCUT2D eigenvalue weighted by molar-refractivity contribution is -0.205. The number of unbranched alkanes of at least 4 members (excludes halogenated alkanes) is 12. The number of carbonyl (C=O) groups is 1. The van der Waals surface area contributed by atoms with Crippen LogP contribution in [0.15, 0.2) is 12.3 Å². The summed E-state index contributed by atoms with van der Waals surface area (Å²) in [4.78, 5) is 15.7. The van der Waals surface area contributed by atoms with E-state index in [0.717, 1.165) is 25.7 Å². The second kappa shape index (κ2) is 16.2. The van der Waals surface area contributed by atoms with E-state index in [2.05, 4.69) is 11.5 Å². The molecular weight excluding hydrogens is 328 g/mol. The van der Waals surface area contributed by atoms with Crippen molar-refractivity contribution in [3.8, 4) is 0 Å². The normalized spacial score (nSPS) is 11.4. The molecule has 0 unspecified atom stereocenters. The third-order valence-electron chi connectivity index (χ3n) is 4.39. The molecular formula is C22H42O4. The summed E-state index contributed by atoms with van der Waals surface area (Å²) in [5.41, 5.74) is -0.360. The molecule has 0 heterocycles. The Kier molecular flexibility index (Phi) is 15.5. The lowest BCUT2D eigenvalue weighted by atomic mass is 10.0. The number of ether oxygens (including phenoxy) is 1. The maximum absolute atomic E-state index is 11.6. The van der Waals surface area contributed by atoms with Crippen molar-refractivity contribution in [1.29, 1.82) is 0 Å². The van der Waals surface area contributed by atoms with Crippen molar-refractivity contribution < 1.29 is 19.7 Å². The first kappa shape index (κ1) is 25.0. The molecule has 0 aliphatic heterocycles. The maximum atomic E-state index is 11.6. The maximum Gasteiger partial charge on any atom is 0.306 e. The number of allylic oxidation sites excluding steroid dienone is 1. The van der Waals surface area contributed by atoms with Gasteiger partial charge in [0.2, 0.25) is 0 Å². The molecule has 0 fully saturated rings. The van der Waals surface area contributed by atoms with Crippen molar-refractivity contribution in [2.24, 2.45) is 0 Å². The lowest BCUT2D eigenvalue weighted by Gasteiger charge is -2.19. The van der Waals surface area contributed by atoms with Gasteiger partial charge in [-0.2, -0.15) is 0 Å². The molecule has 1 N–H and O–H groups in total. The third kappa shape index (κ3) is 19.3. The predicted octanol–water partition coefficient (Wildman–Crippen LogP) is 7.18. The second-order valence-corrected chi connectivity index (χ2v) is 8.31. The molecule has 0 aromatic heterocycles. The molecule has 0 aromatic rings. The van der Waals surface area contributed by atoms with Gasteiger partial charge in [-0.1, -0.05) is 77.2 Å². The SMILES string of the molecule is C=C(CCCCCCCCCCCCCCCC(=O)OC(C)(C)C)OO. The van der Waals surface area contributed by atoms with Gasteiger partial charge in [-0.05, 0) is 33.6 Å². The van der Waals surface area contributed by atoms with Crippen LogP contribution in [0.5, 0.6) is 0 Å². The first-order chi connectivity index (χ1) is 12.3. The monoisotopic (exact) mass is 370 g/mol. The van der Waals surface area contributed by atoms with Crippen molar-refractivity contribution in [2.45, 2.75) is 123 Å². The van der Waals surface area contributed by atoms with Crippen LogP contribution < -0.4 is 0 Å². The number of hydrogen-bond donors (Lipinski definition) is 1. The van der Waals surface area contributed by atoms with Crippen molar-refractivity contribution >= 4 is 5.97 Å². The molecule has 4 nitrogen and oxygen atoms in total. The number of hydrogen-bond acceptors (Lipinski definition) is 4. The highest BCUT2D eigenvalue weighted by Crippen LogP contribution is 2.15. The van der Waals surface area contributed by atoms with Gasteiger partial charge in [-0.15, -0.1) is 0 Å². The van der Waals surface area contributed by atoms with Crippen LogP contribution >= 0.6 is 0 Å². The van der Waals surface area contributed by atoms with Crippen LogP contribution in [0.3, 0.4) is 0 Å². The van der Waals surface area contributed by atoms with Crippen LogP contribution in [0, 0.1) is 0 Å². The summed E-state index contributed by atoms with van der Waals surface area (Å²) in [6.07, 6.45) is 17.4. The van der Waals surface area contributed by atoms with E-state index in [1.165, 1.54) is 64.2 Å². The average Bonchev–Trinajstić information content (AvgIpc) is 2.56. The highest BCUT2D eigenvalue weighted by molar-refractivity contribution is 5.69. The summed E-state index contributed by atoms with van der Waals surface area (Å²) in [6.45, 7) is 9.34. The van der Waals surface area contributed by atoms with Gasteiger partial charge in [0.1, 0.15) is 11.4 Å². The van der Waals surface area contributed by atoms with Crippen LogP contribution in [-0.4, -0.2) is 16.8 Å². The molecule has 0 bridgehead atoms. The average molecular weight is 371 g/mol. The Morgan fingerprint density at radius 2 is 1.08 bits per heavy atom. The number of rotatable bonds is 17. The van der Waals surface area contributed by atoms with E-state index < -0.39 is 0 Å². The largest absolute Gasteiger partial charge is 0.460 e. The van der Waals surface area contributed by atoms with Gasteiger partial charge in [0, 0.05) is 12.8 Å². The Morgan fingerprint density at radius 1 is 0.731 bits per heavy atom. The van der Waals surface area contributed by atoms with Crippen LogP contribution in [0.4, 0.5) is 0 Å². The molecule has 4 heteroatoms. The Hall–Kier alpha value is -1.03. The topological polar surface area (TPSA) is 55.8 Å². The summed E-state index contributed by atoms with van der Waals surface area (Å²) >= 11 is 0. The van der Waals surface area contributed by atoms with E-state index in [1.54, 1.807) is 0 Å². The Balaban J connectivity index is 3.18. The summed E-state index contributed by atoms with van der Waals surface area (Å²) < 4.78 is 5.31. The van der Waals surface area contributed by atoms with E-state index in [0.29, 0.717) is 12.2 Å². The van der Waals surface area contributed by atoms with Crippen LogP contribution in [-0.2, 0) is 14.4 Å². The highest BCUT2D eigenvalue weighted by atomic mass is 17.1. The standard InChI is InChI=1S/C22H42O4/c1-20(26-24)18-16-14-12-10-8-6-5-7-9-11-13-15-17-19-21(23)25-22(2,3)4/h24H,1,5-19H2,2-4H3. The van der Waals surface area contributed by atoms with Crippen molar-refractivity contribution in [2.75, 3.05) is 0 Å². The molecule has 0 atom stereocenters. The molecule has 154 valence electrons. The lowest BCUT2D eigenvalue weighted by Crippen LogP contribution is -2.23. The van der Waals surface area contributed by atoms with Gasteiger partial charge in [-0.3, -0.25) is 4.79 Å². The van der Waals surface area contributed by atoms with E-state index in [4.69, 9.17) is 9.99 Å². The molecule has 0 aliphatic rings. The third-order valence-corrected chi connectivity index (χ3v) is 4.39. The van der Waals surface area contributed by atoms with Gasteiger partial charge in [0.15, 0.2) is 0 Å². The number of carbonyl (C=O) groups excluding carboxylic acids is 1. The van der Waals surface area contributed by atoms with Gasteiger partial charge >= 0.3 is 5.97 Å².